The molecular weight excluding hydrogens is 224 g/mol. The molecule has 3 nitrogen and oxygen atoms in total. The van der Waals surface area contributed by atoms with Crippen LogP contribution in [0.2, 0.25) is 0 Å². The molecule has 1 aliphatic heterocycles. The monoisotopic (exact) mass is 248 g/mol. The van der Waals surface area contributed by atoms with Gasteiger partial charge in [-0.1, -0.05) is 19.4 Å². The number of hydrogen-bond donors (Lipinski definition) is 1. The van der Waals surface area contributed by atoms with Crippen LogP contribution in [-0.2, 0) is 6.54 Å². The summed E-state index contributed by atoms with van der Waals surface area (Å²) in [6.45, 7) is 5.65. The third kappa shape index (κ3) is 3.16. The highest BCUT2D eigenvalue weighted by atomic mass is 16.5. The van der Waals surface area contributed by atoms with Gasteiger partial charge in [0.15, 0.2) is 0 Å². The SMILES string of the molecule is CCC1CCN(Cc2ccc(OC)cc2N)CC1. The fraction of sp³-hybridized carbons (Fsp3) is 0.600. The van der Waals surface area contributed by atoms with Crippen molar-refractivity contribution < 1.29 is 4.74 Å². The molecule has 1 heterocycles. The molecule has 100 valence electrons. The quantitative estimate of drug-likeness (QED) is 0.833. The van der Waals surface area contributed by atoms with Gasteiger partial charge in [-0.05, 0) is 43.5 Å². The van der Waals surface area contributed by atoms with E-state index in [1.54, 1.807) is 7.11 Å². The Hall–Kier alpha value is -1.22. The Morgan fingerprint density at radius 3 is 2.61 bits per heavy atom. The number of nitrogens with zero attached hydrogens (tertiary/aromatic N) is 1. The fourth-order valence-corrected chi connectivity index (χ4v) is 2.64. The third-order valence-corrected chi connectivity index (χ3v) is 4.03. The van der Waals surface area contributed by atoms with E-state index in [2.05, 4.69) is 17.9 Å². The molecule has 3 heteroatoms. The second kappa shape index (κ2) is 6.10. The summed E-state index contributed by atoms with van der Waals surface area (Å²) in [4.78, 5) is 2.50. The predicted octanol–water partition coefficient (Wildman–Crippen LogP) is 2.90. The zero-order valence-electron chi connectivity index (χ0n) is 11.5. The van der Waals surface area contributed by atoms with E-state index in [-0.39, 0.29) is 0 Å². The van der Waals surface area contributed by atoms with Crippen LogP contribution in [0.1, 0.15) is 31.7 Å². The van der Waals surface area contributed by atoms with E-state index in [1.807, 2.05) is 12.1 Å². The average Bonchev–Trinajstić information content (AvgIpc) is 2.42. The van der Waals surface area contributed by atoms with Crippen molar-refractivity contribution in [3.63, 3.8) is 0 Å². The van der Waals surface area contributed by atoms with Crippen molar-refractivity contribution in [1.82, 2.24) is 4.90 Å². The van der Waals surface area contributed by atoms with Gasteiger partial charge in [0.1, 0.15) is 5.75 Å². The van der Waals surface area contributed by atoms with E-state index in [1.165, 1.54) is 37.9 Å². The van der Waals surface area contributed by atoms with Gasteiger partial charge in [0.05, 0.1) is 7.11 Å². The van der Waals surface area contributed by atoms with Crippen molar-refractivity contribution in [3.05, 3.63) is 23.8 Å². The maximum atomic E-state index is 6.06. The number of piperidine rings is 1. The molecular formula is C15H24N2O. The molecule has 0 amide bonds. The molecule has 0 unspecified atom stereocenters. The van der Waals surface area contributed by atoms with Crippen LogP contribution in [0.25, 0.3) is 0 Å². The number of nitrogens with two attached hydrogens (primary N) is 1. The molecule has 0 aromatic heterocycles. The van der Waals surface area contributed by atoms with Crippen molar-refractivity contribution in [2.45, 2.75) is 32.7 Å². The molecule has 1 aliphatic rings. The first-order valence-corrected chi connectivity index (χ1v) is 6.87. The van der Waals surface area contributed by atoms with Gasteiger partial charge in [-0.3, -0.25) is 4.90 Å². The lowest BCUT2D eigenvalue weighted by Gasteiger charge is -2.31. The lowest BCUT2D eigenvalue weighted by molar-refractivity contribution is 0.175. The van der Waals surface area contributed by atoms with Gasteiger partial charge >= 0.3 is 0 Å². The summed E-state index contributed by atoms with van der Waals surface area (Å²) in [5, 5.41) is 0. The molecule has 1 aromatic rings. The first kappa shape index (κ1) is 13.2. The second-order valence-corrected chi connectivity index (χ2v) is 5.19. The molecule has 0 atom stereocenters. The van der Waals surface area contributed by atoms with E-state index in [0.29, 0.717) is 0 Å². The van der Waals surface area contributed by atoms with Crippen LogP contribution in [0.3, 0.4) is 0 Å². The van der Waals surface area contributed by atoms with Crippen LogP contribution in [0.5, 0.6) is 5.75 Å². The van der Waals surface area contributed by atoms with Gasteiger partial charge in [-0.2, -0.15) is 0 Å². The second-order valence-electron chi connectivity index (χ2n) is 5.19. The minimum Gasteiger partial charge on any atom is -0.497 e. The summed E-state index contributed by atoms with van der Waals surface area (Å²) < 4.78 is 5.17. The first-order chi connectivity index (χ1) is 8.72. The van der Waals surface area contributed by atoms with E-state index in [0.717, 1.165) is 23.9 Å². The summed E-state index contributed by atoms with van der Waals surface area (Å²) in [7, 11) is 1.67. The summed E-state index contributed by atoms with van der Waals surface area (Å²) in [5.74, 6) is 1.76. The van der Waals surface area contributed by atoms with Crippen molar-refractivity contribution >= 4 is 5.69 Å². The summed E-state index contributed by atoms with van der Waals surface area (Å²) in [5.41, 5.74) is 8.11. The van der Waals surface area contributed by atoms with Gasteiger partial charge in [0, 0.05) is 18.3 Å². The third-order valence-electron chi connectivity index (χ3n) is 4.03. The average molecular weight is 248 g/mol. The number of methoxy groups -OCH3 is 1. The minimum atomic E-state index is 0.834. The van der Waals surface area contributed by atoms with Gasteiger partial charge in [0.2, 0.25) is 0 Å². The largest absolute Gasteiger partial charge is 0.497 e. The normalized spacial score (nSPS) is 17.9. The Kier molecular flexibility index (Phi) is 4.48. The van der Waals surface area contributed by atoms with Crippen molar-refractivity contribution in [3.8, 4) is 5.75 Å². The molecule has 2 rings (SSSR count). The van der Waals surface area contributed by atoms with Gasteiger partial charge in [0.25, 0.3) is 0 Å². The number of benzene rings is 1. The maximum Gasteiger partial charge on any atom is 0.120 e. The topological polar surface area (TPSA) is 38.5 Å². The number of likely N-dealkylation sites (tertiary alicyclic amines) is 1. The highest BCUT2D eigenvalue weighted by Crippen LogP contribution is 2.24. The van der Waals surface area contributed by atoms with Crippen molar-refractivity contribution in [1.29, 1.82) is 0 Å². The summed E-state index contributed by atoms with van der Waals surface area (Å²) in [6, 6.07) is 5.98. The van der Waals surface area contributed by atoms with Crippen LogP contribution in [0, 0.1) is 5.92 Å². The fourth-order valence-electron chi connectivity index (χ4n) is 2.64. The van der Waals surface area contributed by atoms with Crippen LogP contribution in [-0.4, -0.2) is 25.1 Å². The number of anilines is 1. The van der Waals surface area contributed by atoms with Gasteiger partial charge < -0.3 is 10.5 Å². The molecule has 1 aromatic carbocycles. The highest BCUT2D eigenvalue weighted by molar-refractivity contribution is 5.51. The zero-order chi connectivity index (χ0) is 13.0. The van der Waals surface area contributed by atoms with E-state index in [4.69, 9.17) is 10.5 Å². The molecule has 0 spiro atoms. The van der Waals surface area contributed by atoms with Crippen molar-refractivity contribution in [2.75, 3.05) is 25.9 Å². The summed E-state index contributed by atoms with van der Waals surface area (Å²) in [6.07, 6.45) is 3.97. The maximum absolute atomic E-state index is 6.06. The zero-order valence-corrected chi connectivity index (χ0v) is 11.5. The molecule has 18 heavy (non-hydrogen) atoms. The number of hydrogen-bond acceptors (Lipinski definition) is 3. The number of ether oxygens (including phenoxy) is 1. The molecule has 0 bridgehead atoms. The van der Waals surface area contributed by atoms with Crippen LogP contribution in [0.15, 0.2) is 18.2 Å². The van der Waals surface area contributed by atoms with Gasteiger partial charge in [-0.15, -0.1) is 0 Å². The Labute approximate surface area is 110 Å². The van der Waals surface area contributed by atoms with Gasteiger partial charge in [-0.25, -0.2) is 0 Å². The molecule has 2 N–H and O–H groups in total. The smallest absolute Gasteiger partial charge is 0.120 e. The van der Waals surface area contributed by atoms with Crippen molar-refractivity contribution in [2.24, 2.45) is 5.92 Å². The van der Waals surface area contributed by atoms with Crippen LogP contribution < -0.4 is 10.5 Å². The first-order valence-electron chi connectivity index (χ1n) is 6.87. The standard InChI is InChI=1S/C15H24N2O/c1-3-12-6-8-17(9-7-12)11-13-4-5-14(18-2)10-15(13)16/h4-5,10,12H,3,6-9,11,16H2,1-2H3. The highest BCUT2D eigenvalue weighted by Gasteiger charge is 2.18. The van der Waals surface area contributed by atoms with E-state index < -0.39 is 0 Å². The molecule has 0 aliphatic carbocycles. The Bertz CT molecular complexity index is 384. The van der Waals surface area contributed by atoms with Crippen LogP contribution in [0.4, 0.5) is 5.69 Å². The van der Waals surface area contributed by atoms with Crippen LogP contribution >= 0.6 is 0 Å². The Morgan fingerprint density at radius 1 is 1.33 bits per heavy atom. The van der Waals surface area contributed by atoms with E-state index in [9.17, 15) is 0 Å². The van der Waals surface area contributed by atoms with E-state index >= 15 is 0 Å². The number of rotatable bonds is 4. The Morgan fingerprint density at radius 2 is 2.06 bits per heavy atom. The minimum absolute atomic E-state index is 0.834. The lowest BCUT2D eigenvalue weighted by Crippen LogP contribution is -2.33. The summed E-state index contributed by atoms with van der Waals surface area (Å²) >= 11 is 0. The molecule has 1 saturated heterocycles. The number of nitrogen functional groups attached to an aromatic ring is 1. The predicted molar refractivity (Wildman–Crippen MR) is 75.7 cm³/mol. The Balaban J connectivity index is 1.94. The molecule has 1 fully saturated rings. The lowest BCUT2D eigenvalue weighted by atomic mass is 9.94. The molecule has 0 saturated carbocycles. The molecule has 0 radical (unpaired) electrons.